The van der Waals surface area contributed by atoms with Gasteiger partial charge in [0.15, 0.2) is 5.58 Å². The minimum Gasteiger partial charge on any atom is -0.454 e. The van der Waals surface area contributed by atoms with Gasteiger partial charge in [-0.2, -0.15) is 5.26 Å². The van der Waals surface area contributed by atoms with Crippen molar-refractivity contribution in [1.29, 1.82) is 5.26 Å². The summed E-state index contributed by atoms with van der Waals surface area (Å²) in [4.78, 5) is 2.40. The molecule has 0 saturated heterocycles. The fraction of sp³-hybridized carbons (Fsp3) is 0. The molecule has 0 radical (unpaired) electrons. The SMILES string of the molecule is N#Cc1cccc2c1oc1c(-c3ccc(-c4ccc(N(c5ccccc5)c5ccc(-c6ccccc6)c6ccccc56)c5ccccc45)cc3)cccc12. The first-order chi connectivity index (χ1) is 26.8. The molecule has 0 N–H and O–H groups in total. The summed E-state index contributed by atoms with van der Waals surface area (Å²) < 4.78 is 6.37. The van der Waals surface area contributed by atoms with Crippen molar-refractivity contribution in [3.63, 3.8) is 0 Å². The van der Waals surface area contributed by atoms with Crippen LogP contribution in [0.5, 0.6) is 0 Å². The summed E-state index contributed by atoms with van der Waals surface area (Å²) in [5.41, 5.74) is 12.1. The Labute approximate surface area is 313 Å². The Hall–Kier alpha value is -7.41. The second-order valence-corrected chi connectivity index (χ2v) is 13.5. The number of benzene rings is 9. The summed E-state index contributed by atoms with van der Waals surface area (Å²) in [6.45, 7) is 0. The highest BCUT2D eigenvalue weighted by molar-refractivity contribution is 6.12. The number of rotatable bonds is 6. The van der Waals surface area contributed by atoms with Gasteiger partial charge in [-0.1, -0.05) is 164 Å². The van der Waals surface area contributed by atoms with Crippen LogP contribution >= 0.6 is 0 Å². The van der Waals surface area contributed by atoms with Crippen molar-refractivity contribution in [3.8, 4) is 39.4 Å². The molecule has 3 heteroatoms. The summed E-state index contributed by atoms with van der Waals surface area (Å²) in [6, 6.07) is 70.7. The number of hydrogen-bond donors (Lipinski definition) is 0. The Morgan fingerprint density at radius 3 is 1.41 bits per heavy atom. The van der Waals surface area contributed by atoms with Gasteiger partial charge in [-0.15, -0.1) is 0 Å². The second-order valence-electron chi connectivity index (χ2n) is 13.5. The van der Waals surface area contributed by atoms with Crippen molar-refractivity contribution in [1.82, 2.24) is 0 Å². The van der Waals surface area contributed by atoms with E-state index in [-0.39, 0.29) is 0 Å². The molecule has 0 fully saturated rings. The van der Waals surface area contributed by atoms with E-state index in [1.807, 2.05) is 12.1 Å². The maximum Gasteiger partial charge on any atom is 0.153 e. The number of hydrogen-bond acceptors (Lipinski definition) is 3. The third kappa shape index (κ3) is 5.12. The lowest BCUT2D eigenvalue weighted by Crippen LogP contribution is -2.11. The van der Waals surface area contributed by atoms with Gasteiger partial charge in [0.25, 0.3) is 0 Å². The quantitative estimate of drug-likeness (QED) is 0.175. The second kappa shape index (κ2) is 13.0. The molecule has 0 atom stereocenters. The first-order valence-electron chi connectivity index (χ1n) is 18.2. The monoisotopic (exact) mass is 688 g/mol. The molecule has 0 amide bonds. The minimum absolute atomic E-state index is 0.545. The zero-order valence-electron chi connectivity index (χ0n) is 29.3. The van der Waals surface area contributed by atoms with E-state index in [1.165, 1.54) is 38.2 Å². The lowest BCUT2D eigenvalue weighted by Gasteiger charge is -2.29. The van der Waals surface area contributed by atoms with Crippen LogP contribution in [-0.2, 0) is 0 Å². The van der Waals surface area contributed by atoms with Crippen molar-refractivity contribution in [2.45, 2.75) is 0 Å². The number of furan rings is 1. The number of nitriles is 1. The Morgan fingerprint density at radius 2 is 0.815 bits per heavy atom. The number of para-hydroxylation sites is 3. The molecule has 10 aromatic rings. The molecule has 0 aliphatic heterocycles. The number of fused-ring (bicyclic) bond motifs is 5. The van der Waals surface area contributed by atoms with Crippen LogP contribution in [0.15, 0.2) is 199 Å². The third-order valence-electron chi connectivity index (χ3n) is 10.5. The van der Waals surface area contributed by atoms with Crippen LogP contribution in [0.3, 0.4) is 0 Å². The molecule has 0 aliphatic rings. The summed E-state index contributed by atoms with van der Waals surface area (Å²) in [5, 5.41) is 16.4. The lowest BCUT2D eigenvalue weighted by atomic mass is 9.93. The average Bonchev–Trinajstić information content (AvgIpc) is 3.64. The van der Waals surface area contributed by atoms with E-state index in [2.05, 4.69) is 187 Å². The molecule has 0 bridgehead atoms. The van der Waals surface area contributed by atoms with Crippen molar-refractivity contribution < 1.29 is 4.42 Å². The molecule has 0 saturated carbocycles. The summed E-state index contributed by atoms with van der Waals surface area (Å²) in [7, 11) is 0. The highest BCUT2D eigenvalue weighted by Crippen LogP contribution is 2.46. The van der Waals surface area contributed by atoms with Crippen LogP contribution in [0.1, 0.15) is 5.56 Å². The van der Waals surface area contributed by atoms with E-state index in [1.54, 1.807) is 6.07 Å². The third-order valence-corrected chi connectivity index (χ3v) is 10.5. The fourth-order valence-electron chi connectivity index (χ4n) is 8.03. The standard InChI is InChI=1S/C51H32N2O/c52-33-37-15-11-23-46-47-24-12-22-41(51(47)54-50(37)46)36-27-25-35(26-28-36)40-30-32-49(45-21-10-8-19-43(40)45)53(38-16-5-2-6-17-38)48-31-29-39(34-13-3-1-4-14-34)42-18-7-9-20-44(42)48/h1-32H. The predicted octanol–water partition coefficient (Wildman–Crippen LogP) is 14.2. The average molecular weight is 689 g/mol. The van der Waals surface area contributed by atoms with E-state index in [9.17, 15) is 5.26 Å². The highest BCUT2D eigenvalue weighted by atomic mass is 16.3. The maximum atomic E-state index is 9.70. The van der Waals surface area contributed by atoms with Gasteiger partial charge in [0.2, 0.25) is 0 Å². The molecule has 54 heavy (non-hydrogen) atoms. The van der Waals surface area contributed by atoms with Crippen LogP contribution in [0.4, 0.5) is 17.1 Å². The Bertz CT molecular complexity index is 3050. The number of nitrogens with zero attached hydrogens (tertiary/aromatic N) is 2. The summed E-state index contributed by atoms with van der Waals surface area (Å²) in [5.74, 6) is 0. The van der Waals surface area contributed by atoms with E-state index in [0.29, 0.717) is 11.1 Å². The van der Waals surface area contributed by atoms with Gasteiger partial charge in [0, 0.05) is 32.8 Å². The molecule has 0 unspecified atom stereocenters. The molecule has 1 aromatic heterocycles. The normalized spacial score (nSPS) is 11.3. The highest BCUT2D eigenvalue weighted by Gasteiger charge is 2.21. The molecule has 9 aromatic carbocycles. The summed E-state index contributed by atoms with van der Waals surface area (Å²) >= 11 is 0. The van der Waals surface area contributed by atoms with Crippen LogP contribution in [0.25, 0.3) is 76.9 Å². The minimum atomic E-state index is 0.545. The zero-order valence-corrected chi connectivity index (χ0v) is 29.3. The van der Waals surface area contributed by atoms with Crippen LogP contribution in [0.2, 0.25) is 0 Å². The largest absolute Gasteiger partial charge is 0.454 e. The first-order valence-corrected chi connectivity index (χ1v) is 18.2. The van der Waals surface area contributed by atoms with Crippen molar-refractivity contribution >= 4 is 60.5 Å². The van der Waals surface area contributed by atoms with Gasteiger partial charge in [-0.25, -0.2) is 0 Å². The zero-order chi connectivity index (χ0) is 36.0. The number of anilines is 3. The molecule has 3 nitrogen and oxygen atoms in total. The molecule has 10 rings (SSSR count). The maximum absolute atomic E-state index is 9.70. The Balaban J connectivity index is 1.10. The molecule has 0 spiro atoms. The van der Waals surface area contributed by atoms with Crippen molar-refractivity contribution in [2.24, 2.45) is 0 Å². The van der Waals surface area contributed by atoms with Crippen LogP contribution in [0, 0.1) is 11.3 Å². The summed E-state index contributed by atoms with van der Waals surface area (Å²) in [6.07, 6.45) is 0. The van der Waals surface area contributed by atoms with E-state index in [4.69, 9.17) is 4.42 Å². The molecular weight excluding hydrogens is 657 g/mol. The smallest absolute Gasteiger partial charge is 0.153 e. The van der Waals surface area contributed by atoms with Crippen molar-refractivity contribution in [3.05, 3.63) is 200 Å². The van der Waals surface area contributed by atoms with Gasteiger partial charge in [0.05, 0.1) is 16.9 Å². The molecule has 1 heterocycles. The van der Waals surface area contributed by atoms with Gasteiger partial charge >= 0.3 is 0 Å². The van der Waals surface area contributed by atoms with Gasteiger partial charge < -0.3 is 9.32 Å². The molecule has 0 aliphatic carbocycles. The lowest BCUT2D eigenvalue weighted by molar-refractivity contribution is 0.668. The fourth-order valence-corrected chi connectivity index (χ4v) is 8.03. The topological polar surface area (TPSA) is 40.2 Å². The van der Waals surface area contributed by atoms with E-state index >= 15 is 0 Å². The van der Waals surface area contributed by atoms with Crippen LogP contribution in [-0.4, -0.2) is 0 Å². The van der Waals surface area contributed by atoms with Gasteiger partial charge in [0.1, 0.15) is 11.7 Å². The predicted molar refractivity (Wildman–Crippen MR) is 224 cm³/mol. The van der Waals surface area contributed by atoms with Gasteiger partial charge in [-0.3, -0.25) is 0 Å². The Kier molecular flexibility index (Phi) is 7.53. The van der Waals surface area contributed by atoms with Gasteiger partial charge in [-0.05, 0) is 68.9 Å². The van der Waals surface area contributed by atoms with E-state index in [0.717, 1.165) is 50.1 Å². The Morgan fingerprint density at radius 1 is 0.352 bits per heavy atom. The first kappa shape index (κ1) is 31.3. The van der Waals surface area contributed by atoms with E-state index < -0.39 is 0 Å². The van der Waals surface area contributed by atoms with Crippen LogP contribution < -0.4 is 4.90 Å². The molecule has 252 valence electrons. The molecular formula is C51H32N2O. The van der Waals surface area contributed by atoms with Crippen molar-refractivity contribution in [2.75, 3.05) is 4.90 Å².